The molecule has 0 spiro atoms. The van der Waals surface area contributed by atoms with Gasteiger partial charge in [0.2, 0.25) is 65.0 Å². The molecule has 0 aliphatic carbocycles. The normalized spacial score (nSPS) is 26.1. The summed E-state index contributed by atoms with van der Waals surface area (Å²) in [5.74, 6) is -9.89. The number of aliphatic hydroxyl groups is 1. The smallest absolute Gasteiger partial charge is 0.246 e. The van der Waals surface area contributed by atoms with E-state index in [1.54, 1.807) is 41.5 Å². The molecule has 11 amide bonds. The molecule has 1 aromatic heterocycles. The summed E-state index contributed by atoms with van der Waals surface area (Å²) in [6, 6.07) is -8.68. The van der Waals surface area contributed by atoms with Gasteiger partial charge < -0.3 is 65.2 Å². The summed E-state index contributed by atoms with van der Waals surface area (Å²) in [4.78, 5) is 170. The highest BCUT2D eigenvalue weighted by Crippen LogP contribution is 2.26. The first kappa shape index (κ1) is 79.2. The van der Waals surface area contributed by atoms with Gasteiger partial charge in [-0.3, -0.25) is 52.7 Å². The van der Waals surface area contributed by atoms with Crippen molar-refractivity contribution in [3.05, 3.63) is 30.1 Å². The number of amides is 11. The Morgan fingerprint density at radius 2 is 0.933 bits per heavy atom. The van der Waals surface area contributed by atoms with E-state index in [4.69, 9.17) is 0 Å². The zero-order chi connectivity index (χ0) is 69.3. The molecule has 0 radical (unpaired) electrons. The van der Waals surface area contributed by atoms with Crippen molar-refractivity contribution in [2.75, 3.05) is 55.9 Å². The molecule has 1 fully saturated rings. The first-order valence-corrected chi connectivity index (χ1v) is 32.2. The van der Waals surface area contributed by atoms with Gasteiger partial charge >= 0.3 is 0 Å². The highest BCUT2D eigenvalue weighted by molar-refractivity contribution is 5.99. The Morgan fingerprint density at radius 3 is 1.40 bits per heavy atom. The van der Waals surface area contributed by atoms with E-state index in [2.05, 4.69) is 21.3 Å². The summed E-state index contributed by atoms with van der Waals surface area (Å²) in [6.07, 6.45) is 4.90. The van der Waals surface area contributed by atoms with Gasteiger partial charge in [-0.1, -0.05) is 103 Å². The van der Waals surface area contributed by atoms with Crippen molar-refractivity contribution < 1.29 is 57.8 Å². The number of nitrogens with zero attached hydrogens (tertiary/aromatic N) is 8. The van der Waals surface area contributed by atoms with Crippen LogP contribution >= 0.6 is 0 Å². The average Bonchev–Trinajstić information content (AvgIpc) is 0.937. The summed E-state index contributed by atoms with van der Waals surface area (Å²) in [7, 11) is 11.8. The SMILES string of the molecule is CC[C@@H]1NC(=O)[C@H]([C@H](O)[C@H](C)C/C=C/c2cccn2C)N(C)C(=O)[C@H](C(C)C)N(C)C(=O)[C@H](CC(C)C)N(C)C(=O)[C@H](CC(C)C)N(C)C(=O)[C@@H](C)NC(=O)[C@H](C)NC(=O)[C@H](CC(C)C)N(C)C(=O)[C@H](C(C)C)NC(=O)[C@H](CC(C)C)N(C)C(=O)CN(C)C1=O. The third-order valence-corrected chi connectivity index (χ3v) is 17.1. The second-order valence-corrected chi connectivity index (χ2v) is 27.5. The Kier molecular flexibility index (Phi) is 31.4. The number of aromatic nitrogens is 1. The molecule has 1 saturated heterocycles. The van der Waals surface area contributed by atoms with Crippen LogP contribution in [0.15, 0.2) is 24.4 Å². The van der Waals surface area contributed by atoms with Gasteiger partial charge in [0, 0.05) is 68.3 Å². The van der Waals surface area contributed by atoms with E-state index in [-0.39, 0.29) is 62.2 Å². The maximum atomic E-state index is 15.3. The lowest BCUT2D eigenvalue weighted by Crippen LogP contribution is -2.63. The molecule has 12 atom stereocenters. The number of likely N-dealkylation sites (N-methyl/N-ethyl adjacent to an activating group) is 7. The van der Waals surface area contributed by atoms with E-state index in [0.29, 0.717) is 0 Å². The summed E-state index contributed by atoms with van der Waals surface area (Å²) < 4.78 is 1.91. The van der Waals surface area contributed by atoms with Crippen LogP contribution in [-0.4, -0.2) is 231 Å². The first-order valence-electron chi connectivity index (χ1n) is 32.2. The number of rotatable bonds is 16. The number of allylic oxidation sites excluding steroid dienone is 1. The van der Waals surface area contributed by atoms with Crippen LogP contribution in [0.25, 0.3) is 6.08 Å². The second-order valence-electron chi connectivity index (χ2n) is 27.5. The standard InChI is InChI=1S/C66H114N12O12/c1-25-47-62(86)72(18)36-52(79)73(19)48(32-37(2)3)59(83)70-53(41(10)11)65(89)74(20)49(33-38(4)5)58(82)67-44(15)57(81)68-45(16)61(85)75(21)50(34-39(6)7)63(87)76(22)51(35-40(8)9)64(88)77(23)54(42(12)13)66(90)78(24)55(60(84)69-47)56(80)43(14)28-26-29-46-30-27-31-71(46)17/h26-27,29-31,37-45,47-51,53-56,80H,25,28,32-36H2,1-24H3,(H,67,82)(H,68,81)(H,69,84)(H,70,83)/b29-26+/t43-,44+,45-,47+,48+,49+,50+,51+,53+,54+,55+,56-/m1/s1. The minimum atomic E-state index is -1.65. The van der Waals surface area contributed by atoms with Crippen LogP contribution in [0.2, 0.25) is 0 Å². The van der Waals surface area contributed by atoms with E-state index >= 15 is 19.2 Å². The maximum absolute atomic E-state index is 15.3. The van der Waals surface area contributed by atoms with Crippen LogP contribution in [0.1, 0.15) is 155 Å². The Balaban J connectivity index is 2.99. The molecule has 2 rings (SSSR count). The molecular weight excluding hydrogens is 1150 g/mol. The molecule has 2 heterocycles. The van der Waals surface area contributed by atoms with Crippen LogP contribution in [0.3, 0.4) is 0 Å². The Morgan fingerprint density at radius 1 is 0.489 bits per heavy atom. The Hall–Kier alpha value is -6.85. The van der Waals surface area contributed by atoms with Gasteiger partial charge in [0.15, 0.2) is 0 Å². The van der Waals surface area contributed by atoms with Gasteiger partial charge in [-0.2, -0.15) is 0 Å². The van der Waals surface area contributed by atoms with Gasteiger partial charge in [0.05, 0.1) is 12.6 Å². The fraction of sp³-hybridized carbons (Fsp3) is 0.742. The third-order valence-electron chi connectivity index (χ3n) is 17.1. The van der Waals surface area contributed by atoms with Crippen molar-refractivity contribution in [3.8, 4) is 0 Å². The minimum Gasteiger partial charge on any atom is -0.390 e. The highest BCUT2D eigenvalue weighted by Gasteiger charge is 2.46. The van der Waals surface area contributed by atoms with Crippen molar-refractivity contribution in [1.29, 1.82) is 0 Å². The van der Waals surface area contributed by atoms with Gasteiger partial charge in [-0.25, -0.2) is 0 Å². The third kappa shape index (κ3) is 21.7. The van der Waals surface area contributed by atoms with E-state index in [1.807, 2.05) is 97.5 Å². The van der Waals surface area contributed by atoms with E-state index in [0.717, 1.165) is 15.5 Å². The van der Waals surface area contributed by atoms with Crippen LogP contribution in [0.5, 0.6) is 0 Å². The average molecular weight is 1270 g/mol. The molecule has 90 heavy (non-hydrogen) atoms. The molecule has 1 aromatic rings. The number of aliphatic hydroxyl groups excluding tert-OH is 1. The predicted molar refractivity (Wildman–Crippen MR) is 348 cm³/mol. The number of hydrogen-bond acceptors (Lipinski definition) is 12. The molecule has 5 N–H and O–H groups in total. The molecule has 0 unspecified atom stereocenters. The minimum absolute atomic E-state index is 0.00981. The predicted octanol–water partition coefficient (Wildman–Crippen LogP) is 3.74. The van der Waals surface area contributed by atoms with Crippen molar-refractivity contribution in [2.24, 2.45) is 48.5 Å². The summed E-state index contributed by atoms with van der Waals surface area (Å²) in [6.45, 7) is 27.5. The zero-order valence-corrected chi connectivity index (χ0v) is 58.7. The number of nitrogens with one attached hydrogen (secondary N) is 4. The van der Waals surface area contributed by atoms with Crippen LogP contribution in [0.4, 0.5) is 0 Å². The number of carbonyl (C=O) groups excluding carboxylic acids is 11. The molecule has 24 nitrogen and oxygen atoms in total. The maximum Gasteiger partial charge on any atom is 0.246 e. The zero-order valence-electron chi connectivity index (χ0n) is 58.7. The molecule has 24 heteroatoms. The van der Waals surface area contributed by atoms with Gasteiger partial charge in [0.25, 0.3) is 0 Å². The second kappa shape index (κ2) is 35.7. The number of aryl methyl sites for hydroxylation is 1. The monoisotopic (exact) mass is 1270 g/mol. The topological polar surface area (TPSA) is 284 Å². The summed E-state index contributed by atoms with van der Waals surface area (Å²) in [5, 5.41) is 23.4. The van der Waals surface area contributed by atoms with E-state index in [9.17, 15) is 38.7 Å². The van der Waals surface area contributed by atoms with Gasteiger partial charge in [-0.05, 0) is 112 Å². The lowest BCUT2D eigenvalue weighted by molar-refractivity contribution is -0.157. The summed E-state index contributed by atoms with van der Waals surface area (Å²) in [5.41, 5.74) is 0.879. The van der Waals surface area contributed by atoms with Crippen LogP contribution < -0.4 is 21.3 Å². The van der Waals surface area contributed by atoms with Crippen molar-refractivity contribution in [2.45, 2.75) is 216 Å². The van der Waals surface area contributed by atoms with Gasteiger partial charge in [-0.15, -0.1) is 0 Å². The Labute approximate surface area is 537 Å². The number of carbonyl (C=O) groups is 11. The van der Waals surface area contributed by atoms with Crippen molar-refractivity contribution >= 4 is 71.1 Å². The fourth-order valence-corrected chi connectivity index (χ4v) is 11.4. The molecular formula is C66H114N12O12. The molecule has 0 saturated carbocycles. The van der Waals surface area contributed by atoms with Gasteiger partial charge in [0.1, 0.15) is 60.4 Å². The molecule has 0 bridgehead atoms. The van der Waals surface area contributed by atoms with E-state index < -0.39 is 156 Å². The summed E-state index contributed by atoms with van der Waals surface area (Å²) >= 11 is 0. The Bertz CT molecular complexity index is 2650. The highest BCUT2D eigenvalue weighted by atomic mass is 16.3. The van der Waals surface area contributed by atoms with Crippen molar-refractivity contribution in [1.82, 2.24) is 60.1 Å². The quantitative estimate of drug-likeness (QED) is 0.158. The van der Waals surface area contributed by atoms with E-state index in [1.165, 1.54) is 87.7 Å². The molecule has 0 aromatic carbocycles. The fourth-order valence-electron chi connectivity index (χ4n) is 11.4. The van der Waals surface area contributed by atoms with Crippen LogP contribution in [-0.2, 0) is 59.8 Å². The molecule has 1 aliphatic heterocycles. The first-order chi connectivity index (χ1) is 41.6. The molecule has 510 valence electrons. The van der Waals surface area contributed by atoms with Crippen molar-refractivity contribution in [3.63, 3.8) is 0 Å². The number of hydrogen-bond donors (Lipinski definition) is 5. The lowest BCUT2D eigenvalue weighted by Gasteiger charge is -2.41. The molecule has 1 aliphatic rings. The largest absolute Gasteiger partial charge is 0.390 e. The van der Waals surface area contributed by atoms with Crippen LogP contribution in [0, 0.1) is 41.4 Å². The lowest BCUT2D eigenvalue weighted by atomic mass is 9.91.